The normalized spacial score (nSPS) is 28.5. The Morgan fingerprint density at radius 3 is 2.65 bits per heavy atom. The van der Waals surface area contributed by atoms with Gasteiger partial charge in [0.2, 0.25) is 0 Å². The van der Waals surface area contributed by atoms with E-state index in [1.165, 1.54) is 0 Å². The van der Waals surface area contributed by atoms with Gasteiger partial charge in [0, 0.05) is 12.1 Å². The zero-order chi connectivity index (χ0) is 12.6. The zero-order valence-electron chi connectivity index (χ0n) is 9.27. The minimum atomic E-state index is -0.810. The van der Waals surface area contributed by atoms with Gasteiger partial charge in [0.1, 0.15) is 6.10 Å². The number of aromatic amines is 2. The van der Waals surface area contributed by atoms with Crippen LogP contribution in [0.5, 0.6) is 0 Å². The molecule has 3 atom stereocenters. The first kappa shape index (κ1) is 12.0. The van der Waals surface area contributed by atoms with E-state index < -0.39 is 29.6 Å². The number of aliphatic hydroxyl groups excluding tert-OH is 2. The van der Waals surface area contributed by atoms with Crippen molar-refractivity contribution in [3.63, 3.8) is 0 Å². The lowest BCUT2D eigenvalue weighted by Crippen LogP contribution is -2.29. The molecular formula is C10H14N2O5. The van der Waals surface area contributed by atoms with Crippen molar-refractivity contribution in [2.24, 2.45) is 0 Å². The van der Waals surface area contributed by atoms with E-state index >= 15 is 0 Å². The van der Waals surface area contributed by atoms with Crippen LogP contribution in [0.1, 0.15) is 23.8 Å². The molecule has 0 saturated carbocycles. The Kier molecular flexibility index (Phi) is 3.14. The molecule has 2 heterocycles. The van der Waals surface area contributed by atoms with E-state index in [1.807, 2.05) is 0 Å². The maximum atomic E-state index is 11.6. The molecule has 1 aliphatic heterocycles. The maximum Gasteiger partial charge on any atom is 0.325 e. The first-order chi connectivity index (χ1) is 8.02. The third-order valence-electron chi connectivity index (χ3n) is 2.90. The van der Waals surface area contributed by atoms with E-state index in [1.54, 1.807) is 6.92 Å². The van der Waals surface area contributed by atoms with Gasteiger partial charge >= 0.3 is 5.69 Å². The molecule has 0 radical (unpaired) electrons. The number of aliphatic hydroxyl groups is 2. The van der Waals surface area contributed by atoms with Crippen LogP contribution in [0.4, 0.5) is 0 Å². The quantitative estimate of drug-likeness (QED) is 0.506. The molecule has 0 amide bonds. The highest BCUT2D eigenvalue weighted by Gasteiger charge is 2.36. The van der Waals surface area contributed by atoms with E-state index in [2.05, 4.69) is 9.97 Å². The van der Waals surface area contributed by atoms with Gasteiger partial charge in [-0.2, -0.15) is 0 Å². The van der Waals surface area contributed by atoms with Gasteiger partial charge in [-0.25, -0.2) is 4.79 Å². The van der Waals surface area contributed by atoms with E-state index in [0.717, 1.165) is 0 Å². The van der Waals surface area contributed by atoms with Gasteiger partial charge in [0.15, 0.2) is 0 Å². The molecule has 7 nitrogen and oxygen atoms in total. The van der Waals surface area contributed by atoms with Crippen LogP contribution in [0.15, 0.2) is 9.59 Å². The molecule has 4 N–H and O–H groups in total. The molecule has 2 rings (SSSR count). The van der Waals surface area contributed by atoms with Gasteiger partial charge in [0.25, 0.3) is 5.56 Å². The summed E-state index contributed by atoms with van der Waals surface area (Å²) in [7, 11) is 0. The highest BCUT2D eigenvalue weighted by Crippen LogP contribution is 2.31. The topological polar surface area (TPSA) is 115 Å². The fourth-order valence-corrected chi connectivity index (χ4v) is 2.08. The van der Waals surface area contributed by atoms with Crippen molar-refractivity contribution in [3.05, 3.63) is 32.1 Å². The molecule has 1 aromatic heterocycles. The number of rotatable bonds is 2. The summed E-state index contributed by atoms with van der Waals surface area (Å²) >= 11 is 0. The lowest BCUT2D eigenvalue weighted by Gasteiger charge is -2.12. The minimum absolute atomic E-state index is 0.223. The second-order valence-electron chi connectivity index (χ2n) is 4.10. The summed E-state index contributed by atoms with van der Waals surface area (Å²) in [6.45, 7) is 1.28. The molecule has 7 heteroatoms. The van der Waals surface area contributed by atoms with Gasteiger partial charge < -0.3 is 19.9 Å². The van der Waals surface area contributed by atoms with Crippen LogP contribution in [0.2, 0.25) is 0 Å². The molecule has 0 spiro atoms. The van der Waals surface area contributed by atoms with Crippen LogP contribution < -0.4 is 11.2 Å². The monoisotopic (exact) mass is 242 g/mol. The summed E-state index contributed by atoms with van der Waals surface area (Å²) in [6, 6.07) is 0. The molecule has 0 aromatic carbocycles. The third-order valence-corrected chi connectivity index (χ3v) is 2.90. The van der Waals surface area contributed by atoms with Crippen molar-refractivity contribution in [2.75, 3.05) is 6.61 Å². The molecule has 0 bridgehead atoms. The fraction of sp³-hybridized carbons (Fsp3) is 0.600. The zero-order valence-corrected chi connectivity index (χ0v) is 9.27. The standard InChI is InChI=1S/C10H14N2O5/c1-4-8(9(15)12-10(16)11-4)6-2-5(14)7(3-13)17-6/h5-7,13-14H,2-3H2,1H3,(H2,11,12,15,16)/t5-,6+,7+/m0/s1. The molecule has 1 saturated heterocycles. The highest BCUT2D eigenvalue weighted by atomic mass is 16.5. The average Bonchev–Trinajstić information content (AvgIpc) is 2.57. The Bertz CT molecular complexity index is 520. The summed E-state index contributed by atoms with van der Waals surface area (Å²) in [6.07, 6.45) is -1.88. The van der Waals surface area contributed by atoms with Gasteiger partial charge in [0.05, 0.1) is 24.4 Å². The Balaban J connectivity index is 2.37. The SMILES string of the molecule is Cc1[nH]c(=O)[nH]c(=O)c1[C@H]1C[C@H](O)[C@@H](CO)O1. The number of nitrogens with one attached hydrogen (secondary N) is 2. The smallest absolute Gasteiger partial charge is 0.325 e. The van der Waals surface area contributed by atoms with Crippen molar-refractivity contribution in [1.29, 1.82) is 0 Å². The number of hydrogen-bond acceptors (Lipinski definition) is 5. The van der Waals surface area contributed by atoms with Crippen LogP contribution in [0.3, 0.4) is 0 Å². The number of hydrogen-bond donors (Lipinski definition) is 4. The predicted molar refractivity (Wildman–Crippen MR) is 57.7 cm³/mol. The molecule has 0 unspecified atom stereocenters. The predicted octanol–water partition coefficient (Wildman–Crippen LogP) is -1.45. The van der Waals surface area contributed by atoms with Gasteiger partial charge in [-0.3, -0.25) is 9.78 Å². The van der Waals surface area contributed by atoms with Gasteiger partial charge in [-0.1, -0.05) is 0 Å². The van der Waals surface area contributed by atoms with Crippen LogP contribution >= 0.6 is 0 Å². The summed E-state index contributed by atoms with van der Waals surface area (Å²) in [4.78, 5) is 27.3. The second-order valence-corrected chi connectivity index (χ2v) is 4.10. The maximum absolute atomic E-state index is 11.6. The van der Waals surface area contributed by atoms with Crippen molar-refractivity contribution in [3.8, 4) is 0 Å². The first-order valence-corrected chi connectivity index (χ1v) is 5.30. The largest absolute Gasteiger partial charge is 0.394 e. The van der Waals surface area contributed by atoms with Crippen molar-refractivity contribution >= 4 is 0 Å². The molecule has 17 heavy (non-hydrogen) atoms. The first-order valence-electron chi connectivity index (χ1n) is 5.30. The summed E-state index contributed by atoms with van der Waals surface area (Å²) in [5, 5.41) is 18.5. The van der Waals surface area contributed by atoms with E-state index in [9.17, 15) is 14.7 Å². The molecule has 94 valence electrons. The summed E-state index contributed by atoms with van der Waals surface area (Å²) in [5.41, 5.74) is -0.398. The number of ether oxygens (including phenoxy) is 1. The fourth-order valence-electron chi connectivity index (χ4n) is 2.08. The molecule has 1 aromatic rings. The number of H-pyrrole nitrogens is 2. The van der Waals surface area contributed by atoms with Crippen LogP contribution in [-0.2, 0) is 4.74 Å². The molecule has 1 aliphatic rings. The van der Waals surface area contributed by atoms with E-state index in [0.29, 0.717) is 11.3 Å². The highest BCUT2D eigenvalue weighted by molar-refractivity contribution is 5.19. The molecular weight excluding hydrogens is 228 g/mol. The number of aromatic nitrogens is 2. The van der Waals surface area contributed by atoms with Crippen LogP contribution in [0, 0.1) is 6.92 Å². The van der Waals surface area contributed by atoms with Crippen LogP contribution in [0.25, 0.3) is 0 Å². The molecule has 0 aliphatic carbocycles. The lowest BCUT2D eigenvalue weighted by molar-refractivity contribution is -0.0231. The van der Waals surface area contributed by atoms with Crippen molar-refractivity contribution in [2.45, 2.75) is 31.7 Å². The minimum Gasteiger partial charge on any atom is -0.394 e. The third kappa shape index (κ3) is 2.17. The van der Waals surface area contributed by atoms with E-state index in [4.69, 9.17) is 9.84 Å². The Morgan fingerprint density at radius 1 is 1.41 bits per heavy atom. The van der Waals surface area contributed by atoms with Gasteiger partial charge in [-0.15, -0.1) is 0 Å². The Labute approximate surface area is 96.1 Å². The lowest BCUT2D eigenvalue weighted by atomic mass is 10.0. The average molecular weight is 242 g/mol. The summed E-state index contributed by atoms with van der Waals surface area (Å²) < 4.78 is 5.37. The van der Waals surface area contributed by atoms with Gasteiger partial charge in [-0.05, 0) is 6.92 Å². The van der Waals surface area contributed by atoms with Crippen LogP contribution in [-0.4, -0.2) is 39.0 Å². The summed E-state index contributed by atoms with van der Waals surface area (Å²) in [5.74, 6) is 0. The number of aryl methyl sites for hydroxylation is 1. The Morgan fingerprint density at radius 2 is 2.12 bits per heavy atom. The van der Waals surface area contributed by atoms with Crippen molar-refractivity contribution in [1.82, 2.24) is 9.97 Å². The van der Waals surface area contributed by atoms with Crippen molar-refractivity contribution < 1.29 is 14.9 Å². The van der Waals surface area contributed by atoms with E-state index in [-0.39, 0.29) is 13.0 Å². The second kappa shape index (κ2) is 4.44. The Hall–Kier alpha value is -1.44. The molecule has 1 fully saturated rings.